The minimum absolute atomic E-state index is 0.0647. The maximum absolute atomic E-state index is 12.6. The number of aliphatic hydroxyl groups excluding tert-OH is 3. The highest BCUT2D eigenvalue weighted by Gasteiger charge is 2.44. The Balaban J connectivity index is 1.72. The van der Waals surface area contributed by atoms with E-state index < -0.39 is 23.4 Å². The highest BCUT2D eigenvalue weighted by atomic mass is 16.5. The molecule has 2 aliphatic heterocycles. The molecular formula is C25H37NO7. The molecule has 1 unspecified atom stereocenters. The van der Waals surface area contributed by atoms with Gasteiger partial charge < -0.3 is 35.2 Å². The van der Waals surface area contributed by atoms with Gasteiger partial charge in [0.05, 0.1) is 36.5 Å². The topological polar surface area (TPSA) is 131 Å². The molecule has 2 aliphatic rings. The number of hydrogen-bond donors (Lipinski definition) is 5. The number of phenols is 1. The van der Waals surface area contributed by atoms with E-state index in [1.165, 1.54) is 11.0 Å². The van der Waals surface area contributed by atoms with Crippen molar-refractivity contribution in [3.63, 3.8) is 0 Å². The molecule has 8 heteroatoms. The van der Waals surface area contributed by atoms with E-state index in [2.05, 4.69) is 0 Å². The maximum Gasteiger partial charge on any atom is 0.254 e. The van der Waals surface area contributed by atoms with Crippen molar-refractivity contribution in [2.45, 2.75) is 89.8 Å². The fourth-order valence-electron chi connectivity index (χ4n) is 4.49. The van der Waals surface area contributed by atoms with E-state index in [1.807, 2.05) is 19.9 Å². The third-order valence-electron chi connectivity index (χ3n) is 6.90. The number of benzene rings is 1. The molecule has 2 heterocycles. The van der Waals surface area contributed by atoms with Crippen LogP contribution in [0.25, 0.3) is 0 Å². The summed E-state index contributed by atoms with van der Waals surface area (Å²) in [5, 5.41) is 50.5. The van der Waals surface area contributed by atoms with Gasteiger partial charge in [0.2, 0.25) is 0 Å². The lowest BCUT2D eigenvalue weighted by Gasteiger charge is -2.40. The Bertz CT molecular complexity index is 920. The molecule has 0 spiro atoms. The Labute approximate surface area is 195 Å². The van der Waals surface area contributed by atoms with Crippen LogP contribution in [0, 0.1) is 0 Å². The van der Waals surface area contributed by atoms with Gasteiger partial charge in [-0.3, -0.25) is 4.79 Å². The van der Waals surface area contributed by atoms with Crippen molar-refractivity contribution in [1.29, 1.82) is 0 Å². The highest BCUT2D eigenvalue weighted by Crippen LogP contribution is 2.46. The molecule has 3 rings (SSSR count). The second-order valence-electron chi connectivity index (χ2n) is 10.1. The number of ether oxygens (including phenoxy) is 1. The molecule has 0 aromatic heterocycles. The Morgan fingerprint density at radius 1 is 1.39 bits per heavy atom. The van der Waals surface area contributed by atoms with Crippen molar-refractivity contribution in [1.82, 2.24) is 4.90 Å². The first-order valence-corrected chi connectivity index (χ1v) is 11.6. The Hall–Kier alpha value is -2.13. The number of nitrogens with zero attached hydrogens (tertiary/aromatic N) is 1. The molecule has 0 radical (unpaired) electrons. The summed E-state index contributed by atoms with van der Waals surface area (Å²) in [6, 6.07) is 1.43. The molecule has 33 heavy (non-hydrogen) atoms. The zero-order valence-corrected chi connectivity index (χ0v) is 20.0. The van der Waals surface area contributed by atoms with E-state index in [9.17, 15) is 30.3 Å². The lowest BCUT2D eigenvalue weighted by Crippen LogP contribution is -2.49. The normalized spacial score (nSPS) is 23.9. The number of aromatic hydroxyl groups is 1. The van der Waals surface area contributed by atoms with Crippen molar-refractivity contribution in [3.8, 4) is 11.5 Å². The number of phenolic OH excluding ortho intramolecular Hbond substituents is 1. The number of β-amino-alcohol motifs (C(OH)–C–C–N with tert-alkyl or cyclic N) is 1. The van der Waals surface area contributed by atoms with E-state index in [-0.39, 0.29) is 31.2 Å². The first-order chi connectivity index (χ1) is 15.4. The molecule has 0 saturated carbocycles. The first-order valence-electron chi connectivity index (χ1n) is 11.6. The van der Waals surface area contributed by atoms with Crippen LogP contribution in [0.15, 0.2) is 17.7 Å². The number of amides is 1. The second kappa shape index (κ2) is 9.62. The molecule has 0 aliphatic carbocycles. The van der Waals surface area contributed by atoms with Gasteiger partial charge in [0.15, 0.2) is 0 Å². The molecule has 0 fully saturated rings. The SMILES string of the molecule is CC(=CCC[C@]1(C)Oc2c(c(O)cc3c2CN(CCO)C3=O)C[C@@H]1O)CCC(O)C(C)(C)O. The van der Waals surface area contributed by atoms with E-state index in [1.54, 1.807) is 13.8 Å². The van der Waals surface area contributed by atoms with Gasteiger partial charge in [0.25, 0.3) is 5.91 Å². The van der Waals surface area contributed by atoms with Crippen molar-refractivity contribution < 1.29 is 35.1 Å². The summed E-state index contributed by atoms with van der Waals surface area (Å²) in [6.07, 6.45) is 2.92. The van der Waals surface area contributed by atoms with Gasteiger partial charge in [-0.1, -0.05) is 11.6 Å². The Kier molecular flexibility index (Phi) is 7.43. The van der Waals surface area contributed by atoms with Crippen LogP contribution in [-0.4, -0.2) is 72.9 Å². The summed E-state index contributed by atoms with van der Waals surface area (Å²) in [6.45, 7) is 7.33. The fourth-order valence-corrected chi connectivity index (χ4v) is 4.49. The molecule has 8 nitrogen and oxygen atoms in total. The van der Waals surface area contributed by atoms with Gasteiger partial charge in [-0.2, -0.15) is 0 Å². The van der Waals surface area contributed by atoms with E-state index >= 15 is 0 Å². The third kappa shape index (κ3) is 5.35. The molecule has 184 valence electrons. The number of carbonyl (C=O) groups is 1. The van der Waals surface area contributed by atoms with Gasteiger partial charge in [-0.25, -0.2) is 0 Å². The van der Waals surface area contributed by atoms with E-state index in [0.717, 1.165) is 5.57 Å². The fraction of sp³-hybridized carbons (Fsp3) is 0.640. The summed E-state index contributed by atoms with van der Waals surface area (Å²) < 4.78 is 6.30. The molecule has 0 bridgehead atoms. The van der Waals surface area contributed by atoms with Crippen LogP contribution in [0.1, 0.15) is 74.9 Å². The van der Waals surface area contributed by atoms with Gasteiger partial charge in [-0.05, 0) is 59.4 Å². The lowest BCUT2D eigenvalue weighted by atomic mass is 9.84. The second-order valence-corrected chi connectivity index (χ2v) is 10.1. The summed E-state index contributed by atoms with van der Waals surface area (Å²) >= 11 is 0. The minimum atomic E-state index is -1.14. The largest absolute Gasteiger partial charge is 0.508 e. The summed E-state index contributed by atoms with van der Waals surface area (Å²) in [5.74, 6) is 0.145. The molecule has 1 amide bonds. The van der Waals surface area contributed by atoms with Crippen LogP contribution in [0.2, 0.25) is 0 Å². The standard InChI is InChI=1S/C25H37NO7/c1-15(7-8-20(29)24(2,3)32)6-5-9-25(4)21(30)13-17-19(28)12-16-18(22(17)33-25)14-26(10-11-27)23(16)31/h6,12,20-21,27-30,32H,5,7-11,13-14H2,1-4H3/t20?,21-,25-/m0/s1. The van der Waals surface area contributed by atoms with Crippen LogP contribution in [0.4, 0.5) is 0 Å². The lowest BCUT2D eigenvalue weighted by molar-refractivity contribution is -0.0599. The number of allylic oxidation sites excluding steroid dienone is 2. The van der Waals surface area contributed by atoms with E-state index in [4.69, 9.17) is 4.74 Å². The average Bonchev–Trinajstić information content (AvgIpc) is 3.03. The summed E-state index contributed by atoms with van der Waals surface area (Å²) in [7, 11) is 0. The molecule has 1 aromatic rings. The van der Waals surface area contributed by atoms with Gasteiger partial charge in [0.1, 0.15) is 17.1 Å². The monoisotopic (exact) mass is 463 g/mol. The molecule has 1 aromatic carbocycles. The maximum atomic E-state index is 12.6. The summed E-state index contributed by atoms with van der Waals surface area (Å²) in [4.78, 5) is 14.1. The first kappa shape index (κ1) is 25.5. The third-order valence-corrected chi connectivity index (χ3v) is 6.90. The van der Waals surface area contributed by atoms with Crippen molar-refractivity contribution in [2.24, 2.45) is 0 Å². The number of hydrogen-bond acceptors (Lipinski definition) is 7. The van der Waals surface area contributed by atoms with Gasteiger partial charge in [-0.15, -0.1) is 0 Å². The molecule has 0 saturated heterocycles. The predicted octanol–water partition coefficient (Wildman–Crippen LogP) is 2.03. The van der Waals surface area contributed by atoms with Gasteiger partial charge in [0, 0.05) is 24.1 Å². The van der Waals surface area contributed by atoms with Crippen LogP contribution in [0.5, 0.6) is 11.5 Å². The Morgan fingerprint density at radius 2 is 2.09 bits per heavy atom. The zero-order valence-electron chi connectivity index (χ0n) is 20.0. The van der Waals surface area contributed by atoms with E-state index in [0.29, 0.717) is 54.7 Å². The van der Waals surface area contributed by atoms with Gasteiger partial charge >= 0.3 is 0 Å². The van der Waals surface area contributed by atoms with Crippen molar-refractivity contribution >= 4 is 5.91 Å². The quantitative estimate of drug-likeness (QED) is 0.354. The molecule has 5 N–H and O–H groups in total. The number of carbonyl (C=O) groups excluding carboxylic acids is 1. The highest BCUT2D eigenvalue weighted by molar-refractivity contribution is 6.00. The average molecular weight is 464 g/mol. The molecular weight excluding hydrogens is 426 g/mol. The zero-order chi connectivity index (χ0) is 24.6. The smallest absolute Gasteiger partial charge is 0.254 e. The van der Waals surface area contributed by atoms with Crippen LogP contribution in [0.3, 0.4) is 0 Å². The number of fused-ring (bicyclic) bond motifs is 3. The number of rotatable bonds is 9. The van der Waals surface area contributed by atoms with Crippen LogP contribution in [-0.2, 0) is 13.0 Å². The van der Waals surface area contributed by atoms with Crippen LogP contribution >= 0.6 is 0 Å². The van der Waals surface area contributed by atoms with Crippen molar-refractivity contribution in [2.75, 3.05) is 13.2 Å². The Morgan fingerprint density at radius 3 is 2.73 bits per heavy atom. The molecule has 3 atom stereocenters. The summed E-state index contributed by atoms with van der Waals surface area (Å²) in [5.41, 5.74) is 0.611. The predicted molar refractivity (Wildman–Crippen MR) is 123 cm³/mol. The number of aliphatic hydroxyl groups is 4. The van der Waals surface area contributed by atoms with Crippen molar-refractivity contribution in [3.05, 3.63) is 34.4 Å². The minimum Gasteiger partial charge on any atom is -0.508 e. The van der Waals surface area contributed by atoms with Crippen LogP contribution < -0.4 is 4.74 Å².